The van der Waals surface area contributed by atoms with Gasteiger partial charge in [0.1, 0.15) is 11.5 Å². The van der Waals surface area contributed by atoms with E-state index in [4.69, 9.17) is 10.6 Å². The Morgan fingerprint density at radius 3 is 1.70 bits per heavy atom. The van der Waals surface area contributed by atoms with Crippen molar-refractivity contribution in [1.82, 2.24) is 4.70 Å². The van der Waals surface area contributed by atoms with Gasteiger partial charge in [0.25, 0.3) is 0 Å². The van der Waals surface area contributed by atoms with Crippen LogP contribution in [-0.4, -0.2) is 6.72 Å². The predicted octanol–water partition coefficient (Wildman–Crippen LogP) is 6.84. The van der Waals surface area contributed by atoms with Gasteiger partial charge < -0.3 is 10.1 Å². The zero-order valence-electron chi connectivity index (χ0n) is 19.0. The maximum Gasteiger partial charge on any atom is 0.179 e. The van der Waals surface area contributed by atoms with Crippen LogP contribution in [0, 0.1) is 13.8 Å². The topological polar surface area (TPSA) is 59.6 Å². The zero-order chi connectivity index (χ0) is 23.3. The van der Waals surface area contributed by atoms with Crippen molar-refractivity contribution in [3.63, 3.8) is 0 Å². The molecule has 5 nitrogen and oxygen atoms in total. The van der Waals surface area contributed by atoms with E-state index in [1.54, 1.807) is 0 Å². The summed E-state index contributed by atoms with van der Waals surface area (Å²) in [6.45, 7) is 8.34. The molecule has 4 rings (SSSR count). The summed E-state index contributed by atoms with van der Waals surface area (Å²) in [5.41, 5.74) is 6.33. The monoisotopic (exact) mass is 437 g/mol. The van der Waals surface area contributed by atoms with E-state index in [2.05, 4.69) is 55.2 Å². The highest BCUT2D eigenvalue weighted by atomic mass is 16.5. The molecule has 0 aliphatic carbocycles. The van der Waals surface area contributed by atoms with Crippen LogP contribution in [0.25, 0.3) is 0 Å². The van der Waals surface area contributed by atoms with Gasteiger partial charge in [-0.15, -0.1) is 5.84 Å². The van der Waals surface area contributed by atoms with E-state index in [1.165, 1.54) is 11.1 Å². The molecule has 33 heavy (non-hydrogen) atoms. The molecule has 0 fully saturated rings. The summed E-state index contributed by atoms with van der Waals surface area (Å²) in [4.78, 5) is 0. The molecular weight excluding hydrogens is 408 g/mol. The molecule has 0 bridgehead atoms. The fraction of sp³-hybridized carbons (Fsp3) is 0.107. The maximum atomic E-state index is 6.60. The second-order valence-corrected chi connectivity index (χ2v) is 8.22. The van der Waals surface area contributed by atoms with Crippen LogP contribution in [-0.2, 0) is 6.54 Å². The van der Waals surface area contributed by atoms with Gasteiger partial charge in [0, 0.05) is 35.8 Å². The number of ether oxygens (including phenoxy) is 1. The minimum Gasteiger partial charge on any atom is -0.457 e. The minimum absolute atomic E-state index is 0.150. The van der Waals surface area contributed by atoms with E-state index in [0.29, 0.717) is 6.54 Å². The Morgan fingerprint density at radius 2 is 1.18 bits per heavy atom. The number of quaternary nitrogens is 1. The zero-order valence-corrected chi connectivity index (χ0v) is 19.0. The lowest BCUT2D eigenvalue weighted by molar-refractivity contribution is 0.289. The SMILES string of the molecule is C=N[N+](N)(Cc1ccc(Oc2ccc(C)cc2)cc1)c1ccc(Nc2ccc(C)cc2)cc1. The number of nitrogens with two attached hydrogens (primary N) is 1. The van der Waals surface area contributed by atoms with Crippen LogP contribution in [0.5, 0.6) is 11.5 Å². The van der Waals surface area contributed by atoms with Gasteiger partial charge in [-0.2, -0.15) is 0 Å². The third-order valence-corrected chi connectivity index (χ3v) is 5.51. The molecule has 166 valence electrons. The molecule has 0 amide bonds. The van der Waals surface area contributed by atoms with Gasteiger partial charge in [0.15, 0.2) is 12.2 Å². The molecule has 4 aromatic carbocycles. The van der Waals surface area contributed by atoms with E-state index < -0.39 is 0 Å². The van der Waals surface area contributed by atoms with Gasteiger partial charge in [-0.05, 0) is 74.5 Å². The number of nitrogens with one attached hydrogen (secondary N) is 1. The largest absolute Gasteiger partial charge is 0.457 e. The van der Waals surface area contributed by atoms with E-state index in [0.717, 1.165) is 34.1 Å². The Morgan fingerprint density at radius 1 is 0.727 bits per heavy atom. The first-order chi connectivity index (χ1) is 15.9. The Hall–Kier alpha value is -3.93. The molecule has 0 heterocycles. The van der Waals surface area contributed by atoms with Crippen molar-refractivity contribution in [3.8, 4) is 11.5 Å². The first kappa shape index (κ1) is 22.3. The molecule has 3 N–H and O–H groups in total. The predicted molar refractivity (Wildman–Crippen MR) is 138 cm³/mol. The second kappa shape index (κ2) is 9.69. The molecule has 0 radical (unpaired) electrons. The Bertz CT molecular complexity index is 1200. The van der Waals surface area contributed by atoms with Gasteiger partial charge in [0.2, 0.25) is 0 Å². The number of rotatable bonds is 8. The normalized spacial score (nSPS) is 12.6. The van der Waals surface area contributed by atoms with E-state index in [9.17, 15) is 0 Å². The van der Waals surface area contributed by atoms with Crippen molar-refractivity contribution in [2.75, 3.05) is 5.32 Å². The molecule has 4 aromatic rings. The summed E-state index contributed by atoms with van der Waals surface area (Å²) >= 11 is 0. The van der Waals surface area contributed by atoms with Crippen molar-refractivity contribution in [2.24, 2.45) is 10.9 Å². The molecular formula is C28H29N4O+. The summed E-state index contributed by atoms with van der Waals surface area (Å²) in [7, 11) is 0. The highest BCUT2D eigenvalue weighted by Gasteiger charge is 2.26. The van der Waals surface area contributed by atoms with Gasteiger partial charge in [-0.1, -0.05) is 45.2 Å². The van der Waals surface area contributed by atoms with Gasteiger partial charge in [0.05, 0.1) is 0 Å². The number of nitrogens with zero attached hydrogens (tertiary/aromatic N) is 2. The minimum atomic E-state index is -0.150. The molecule has 1 atom stereocenters. The van der Waals surface area contributed by atoms with Crippen LogP contribution in [0.2, 0.25) is 0 Å². The number of hydrogen-bond donors (Lipinski definition) is 2. The maximum absolute atomic E-state index is 6.60. The molecule has 5 heteroatoms. The third kappa shape index (κ3) is 5.66. The molecule has 0 aliphatic heterocycles. The summed E-state index contributed by atoms with van der Waals surface area (Å²) in [6, 6.07) is 32.1. The number of aryl methyl sites for hydroxylation is 2. The lowest BCUT2D eigenvalue weighted by atomic mass is 10.2. The molecule has 0 aromatic heterocycles. The molecule has 0 spiro atoms. The molecule has 1 unspecified atom stereocenters. The van der Waals surface area contributed by atoms with Crippen LogP contribution in [0.15, 0.2) is 102 Å². The number of hydrogen-bond acceptors (Lipinski definition) is 4. The van der Waals surface area contributed by atoms with Gasteiger partial charge >= 0.3 is 0 Å². The smallest absolute Gasteiger partial charge is 0.179 e. The lowest BCUT2D eigenvalue weighted by Crippen LogP contribution is -2.49. The van der Waals surface area contributed by atoms with Crippen molar-refractivity contribution < 1.29 is 4.74 Å². The lowest BCUT2D eigenvalue weighted by Gasteiger charge is -2.25. The number of benzene rings is 4. The van der Waals surface area contributed by atoms with Crippen LogP contribution in [0.1, 0.15) is 16.7 Å². The van der Waals surface area contributed by atoms with Crippen LogP contribution in [0.3, 0.4) is 0 Å². The third-order valence-electron chi connectivity index (χ3n) is 5.51. The molecule has 0 aliphatic rings. The highest BCUT2D eigenvalue weighted by molar-refractivity contribution is 5.62. The Kier molecular flexibility index (Phi) is 6.54. The van der Waals surface area contributed by atoms with Crippen molar-refractivity contribution in [3.05, 3.63) is 114 Å². The van der Waals surface area contributed by atoms with E-state index in [-0.39, 0.29) is 4.70 Å². The Labute approximate surface area is 195 Å². The average molecular weight is 438 g/mol. The summed E-state index contributed by atoms with van der Waals surface area (Å²) in [5.74, 6) is 8.19. The van der Waals surface area contributed by atoms with Crippen molar-refractivity contribution >= 4 is 23.8 Å². The second-order valence-electron chi connectivity index (χ2n) is 8.22. The first-order valence-electron chi connectivity index (χ1n) is 10.9. The quantitative estimate of drug-likeness (QED) is 0.137. The van der Waals surface area contributed by atoms with E-state index in [1.807, 2.05) is 72.8 Å². The fourth-order valence-electron chi connectivity index (χ4n) is 3.51. The van der Waals surface area contributed by atoms with Crippen molar-refractivity contribution in [2.45, 2.75) is 20.4 Å². The van der Waals surface area contributed by atoms with Gasteiger partial charge in [-0.25, -0.2) is 0 Å². The standard InChI is InChI=1S/C28H29N4O/c1-21-4-10-24(11-5-21)31-25-12-14-26(15-13-25)32(29,30-3)20-23-8-18-28(19-9-23)33-27-16-6-22(2)7-17-27/h4-19,31H,3,20,29H2,1-2H3/q+1. The molecule has 0 saturated heterocycles. The van der Waals surface area contributed by atoms with E-state index >= 15 is 0 Å². The first-order valence-corrected chi connectivity index (χ1v) is 10.9. The van der Waals surface area contributed by atoms with Gasteiger partial charge in [-0.3, -0.25) is 0 Å². The van der Waals surface area contributed by atoms with Crippen LogP contribution >= 0.6 is 0 Å². The summed E-state index contributed by atoms with van der Waals surface area (Å²) in [5, 5.41) is 7.62. The summed E-state index contributed by atoms with van der Waals surface area (Å²) < 4.78 is 5.77. The van der Waals surface area contributed by atoms with Crippen molar-refractivity contribution in [1.29, 1.82) is 0 Å². The molecule has 0 saturated carbocycles. The number of anilines is 2. The van der Waals surface area contributed by atoms with Crippen LogP contribution < -0.4 is 20.6 Å². The Balaban J connectivity index is 1.43. The van der Waals surface area contributed by atoms with Crippen LogP contribution in [0.4, 0.5) is 17.1 Å². The highest BCUT2D eigenvalue weighted by Crippen LogP contribution is 2.27. The average Bonchev–Trinajstić information content (AvgIpc) is 2.84. The fourth-order valence-corrected chi connectivity index (χ4v) is 3.51. The summed E-state index contributed by atoms with van der Waals surface area (Å²) in [6.07, 6.45) is 0.